The second-order valence-corrected chi connectivity index (χ2v) is 7.29. The van der Waals surface area contributed by atoms with Crippen LogP contribution in [0.25, 0.3) is 11.5 Å². The first-order chi connectivity index (χ1) is 12.8. The van der Waals surface area contributed by atoms with E-state index in [4.69, 9.17) is 20.9 Å². The minimum absolute atomic E-state index is 0.0753. The van der Waals surface area contributed by atoms with E-state index in [0.717, 1.165) is 30.0 Å². The van der Waals surface area contributed by atoms with Gasteiger partial charge in [0.2, 0.25) is 11.7 Å². The molecule has 0 spiro atoms. The van der Waals surface area contributed by atoms with Crippen LogP contribution in [0.1, 0.15) is 54.9 Å². The van der Waals surface area contributed by atoms with Crippen LogP contribution in [-0.2, 0) is 17.9 Å². The van der Waals surface area contributed by atoms with E-state index in [9.17, 15) is 0 Å². The Balaban J connectivity index is 1.38. The summed E-state index contributed by atoms with van der Waals surface area (Å²) in [6.07, 6.45) is 4.61. The molecular formula is C18H18ClN5O2. The summed E-state index contributed by atoms with van der Waals surface area (Å²) in [6.45, 7) is 1.00. The summed E-state index contributed by atoms with van der Waals surface area (Å²) in [4.78, 5) is 4.57. The first-order valence-corrected chi connectivity index (χ1v) is 9.29. The Hall–Kier alpha value is -2.25. The van der Waals surface area contributed by atoms with Crippen molar-refractivity contribution in [2.45, 2.75) is 50.9 Å². The lowest BCUT2D eigenvalue weighted by Gasteiger charge is -2.24. The van der Waals surface area contributed by atoms with Crippen molar-refractivity contribution in [1.82, 2.24) is 25.1 Å². The SMILES string of the molecule is Clc1ccc([C@H]2Cn3nnc(-c4noc(C5CCCC5)n4)c3CO2)cc1. The molecule has 2 aliphatic rings. The number of hydrogen-bond acceptors (Lipinski definition) is 6. The van der Waals surface area contributed by atoms with Gasteiger partial charge in [0.05, 0.1) is 18.8 Å². The molecule has 0 N–H and O–H groups in total. The largest absolute Gasteiger partial charge is 0.365 e. The summed E-state index contributed by atoms with van der Waals surface area (Å²) >= 11 is 5.96. The maximum Gasteiger partial charge on any atom is 0.230 e. The van der Waals surface area contributed by atoms with Crippen molar-refractivity contribution in [2.75, 3.05) is 0 Å². The molecule has 3 heterocycles. The van der Waals surface area contributed by atoms with E-state index < -0.39 is 0 Å². The molecule has 7 nitrogen and oxygen atoms in total. The van der Waals surface area contributed by atoms with Gasteiger partial charge in [-0.15, -0.1) is 5.10 Å². The molecule has 0 radical (unpaired) electrons. The Bertz CT molecular complexity index is 914. The number of halogens is 1. The Morgan fingerprint density at radius 3 is 2.73 bits per heavy atom. The molecule has 5 rings (SSSR count). The van der Waals surface area contributed by atoms with Crippen molar-refractivity contribution in [1.29, 1.82) is 0 Å². The van der Waals surface area contributed by atoms with Gasteiger partial charge in [-0.25, -0.2) is 4.68 Å². The molecule has 26 heavy (non-hydrogen) atoms. The summed E-state index contributed by atoms with van der Waals surface area (Å²) in [5.41, 5.74) is 2.60. The number of hydrogen-bond donors (Lipinski definition) is 0. The quantitative estimate of drug-likeness (QED) is 0.694. The van der Waals surface area contributed by atoms with Gasteiger partial charge in [0.15, 0.2) is 5.69 Å². The molecular weight excluding hydrogens is 354 g/mol. The molecule has 134 valence electrons. The lowest BCUT2D eigenvalue weighted by molar-refractivity contribution is -0.00111. The molecule has 1 atom stereocenters. The molecule has 1 fully saturated rings. The van der Waals surface area contributed by atoms with E-state index in [-0.39, 0.29) is 6.10 Å². The van der Waals surface area contributed by atoms with Crippen LogP contribution in [0.2, 0.25) is 5.02 Å². The minimum atomic E-state index is -0.0753. The van der Waals surface area contributed by atoms with E-state index in [0.29, 0.717) is 35.6 Å². The van der Waals surface area contributed by atoms with Crippen molar-refractivity contribution in [3.63, 3.8) is 0 Å². The second-order valence-electron chi connectivity index (χ2n) is 6.86. The highest BCUT2D eigenvalue weighted by molar-refractivity contribution is 6.30. The molecule has 1 aliphatic carbocycles. The first kappa shape index (κ1) is 16.0. The molecule has 0 saturated heterocycles. The van der Waals surface area contributed by atoms with Crippen molar-refractivity contribution in [3.8, 4) is 11.5 Å². The Kier molecular flexibility index (Phi) is 3.98. The molecule has 3 aromatic rings. The highest BCUT2D eigenvalue weighted by atomic mass is 35.5. The molecule has 8 heteroatoms. The van der Waals surface area contributed by atoms with Gasteiger partial charge in [-0.2, -0.15) is 4.98 Å². The van der Waals surface area contributed by atoms with Crippen LogP contribution in [0.3, 0.4) is 0 Å². The summed E-state index contributed by atoms with van der Waals surface area (Å²) in [6, 6.07) is 7.69. The molecule has 0 bridgehead atoms. The molecule has 1 aliphatic heterocycles. The van der Waals surface area contributed by atoms with Gasteiger partial charge < -0.3 is 9.26 Å². The van der Waals surface area contributed by atoms with Gasteiger partial charge in [0.25, 0.3) is 0 Å². The Morgan fingerprint density at radius 2 is 1.92 bits per heavy atom. The zero-order valence-corrected chi connectivity index (χ0v) is 14.9. The lowest BCUT2D eigenvalue weighted by Crippen LogP contribution is -2.22. The topological polar surface area (TPSA) is 78.9 Å². The van der Waals surface area contributed by atoms with Crippen LogP contribution in [0, 0.1) is 0 Å². The number of fused-ring (bicyclic) bond motifs is 1. The predicted octanol–water partition coefficient (Wildman–Crippen LogP) is 3.91. The third-order valence-electron chi connectivity index (χ3n) is 5.20. The van der Waals surface area contributed by atoms with Gasteiger partial charge in [0, 0.05) is 10.9 Å². The molecule has 1 aromatic carbocycles. The van der Waals surface area contributed by atoms with Crippen LogP contribution in [-0.4, -0.2) is 25.1 Å². The summed E-state index contributed by atoms with van der Waals surface area (Å²) in [5, 5.41) is 13.4. The van der Waals surface area contributed by atoms with Gasteiger partial charge in [-0.05, 0) is 30.5 Å². The Labute approximate surface area is 155 Å². The first-order valence-electron chi connectivity index (χ1n) is 8.91. The van der Waals surface area contributed by atoms with Gasteiger partial charge in [0.1, 0.15) is 6.10 Å². The summed E-state index contributed by atoms with van der Waals surface area (Å²) in [7, 11) is 0. The minimum Gasteiger partial charge on any atom is -0.365 e. The van der Waals surface area contributed by atoms with E-state index in [1.807, 2.05) is 28.9 Å². The van der Waals surface area contributed by atoms with Crippen LogP contribution < -0.4 is 0 Å². The fraction of sp³-hybridized carbons (Fsp3) is 0.444. The maximum absolute atomic E-state index is 6.03. The summed E-state index contributed by atoms with van der Waals surface area (Å²) in [5.74, 6) is 1.60. The number of benzene rings is 1. The highest BCUT2D eigenvalue weighted by Gasteiger charge is 2.29. The number of ether oxygens (including phenoxy) is 1. The monoisotopic (exact) mass is 371 g/mol. The third-order valence-corrected chi connectivity index (χ3v) is 5.45. The number of nitrogens with zero attached hydrogens (tertiary/aromatic N) is 5. The van der Waals surface area contributed by atoms with E-state index in [1.165, 1.54) is 12.8 Å². The van der Waals surface area contributed by atoms with Crippen molar-refractivity contribution < 1.29 is 9.26 Å². The van der Waals surface area contributed by atoms with Crippen molar-refractivity contribution in [3.05, 3.63) is 46.4 Å². The summed E-state index contributed by atoms with van der Waals surface area (Å²) < 4.78 is 13.4. The zero-order chi connectivity index (χ0) is 17.5. The van der Waals surface area contributed by atoms with Crippen LogP contribution in [0.15, 0.2) is 28.8 Å². The van der Waals surface area contributed by atoms with E-state index in [2.05, 4.69) is 20.5 Å². The van der Waals surface area contributed by atoms with Crippen LogP contribution in [0.5, 0.6) is 0 Å². The number of aromatic nitrogens is 5. The fourth-order valence-electron chi connectivity index (χ4n) is 3.73. The molecule has 0 amide bonds. The van der Waals surface area contributed by atoms with Crippen LogP contribution in [0.4, 0.5) is 0 Å². The standard InChI is InChI=1S/C18H18ClN5O2/c19-13-7-5-11(6-8-13)15-9-24-14(10-25-15)16(21-23-24)17-20-18(26-22-17)12-3-1-2-4-12/h5-8,12,15H,1-4,9-10H2/t15-/m1/s1. The predicted molar refractivity (Wildman–Crippen MR) is 93.5 cm³/mol. The molecule has 1 saturated carbocycles. The van der Waals surface area contributed by atoms with E-state index >= 15 is 0 Å². The lowest BCUT2D eigenvalue weighted by atomic mass is 10.1. The van der Waals surface area contributed by atoms with Crippen molar-refractivity contribution in [2.24, 2.45) is 0 Å². The van der Waals surface area contributed by atoms with Crippen molar-refractivity contribution >= 4 is 11.6 Å². The van der Waals surface area contributed by atoms with E-state index in [1.54, 1.807) is 0 Å². The fourth-order valence-corrected chi connectivity index (χ4v) is 3.86. The molecule has 0 unspecified atom stereocenters. The average Bonchev–Trinajstić information content (AvgIpc) is 3.41. The Morgan fingerprint density at radius 1 is 1.12 bits per heavy atom. The normalized spacial score (nSPS) is 20.4. The maximum atomic E-state index is 6.03. The highest BCUT2D eigenvalue weighted by Crippen LogP contribution is 2.35. The van der Waals surface area contributed by atoms with Crippen LogP contribution >= 0.6 is 11.6 Å². The van der Waals surface area contributed by atoms with Gasteiger partial charge in [-0.1, -0.05) is 46.9 Å². The van der Waals surface area contributed by atoms with Gasteiger partial charge >= 0.3 is 0 Å². The second kappa shape index (κ2) is 6.48. The smallest absolute Gasteiger partial charge is 0.230 e. The third kappa shape index (κ3) is 2.81. The molecule has 2 aromatic heterocycles. The zero-order valence-electron chi connectivity index (χ0n) is 14.1. The van der Waals surface area contributed by atoms with Gasteiger partial charge in [-0.3, -0.25) is 0 Å². The average molecular weight is 372 g/mol. The number of rotatable bonds is 3.